The number of halogens is 1. The quantitative estimate of drug-likeness (QED) is 0.809. The molecule has 1 heterocycles. The minimum absolute atomic E-state index is 0.333. The van der Waals surface area contributed by atoms with Gasteiger partial charge >= 0.3 is 0 Å². The Hall–Kier alpha value is -1.13. The van der Waals surface area contributed by atoms with E-state index in [9.17, 15) is 0 Å². The largest absolute Gasteiger partial charge is 0.310 e. The van der Waals surface area contributed by atoms with E-state index >= 15 is 0 Å². The van der Waals surface area contributed by atoms with Crippen molar-refractivity contribution in [3.8, 4) is 0 Å². The number of hydrogen-bond acceptors (Lipinski definition) is 2. The number of benzene rings is 1. The minimum Gasteiger partial charge on any atom is -0.310 e. The zero-order valence-electron chi connectivity index (χ0n) is 13.1. The Bertz CT molecular complexity index is 560. The summed E-state index contributed by atoms with van der Waals surface area (Å²) in [5.74, 6) is 0. The third-order valence-electron chi connectivity index (χ3n) is 3.61. The van der Waals surface area contributed by atoms with Gasteiger partial charge in [-0.15, -0.1) is 0 Å². The Morgan fingerprint density at radius 1 is 1.24 bits per heavy atom. The predicted molar refractivity (Wildman–Crippen MR) is 91.5 cm³/mol. The van der Waals surface area contributed by atoms with E-state index in [-0.39, 0.29) is 0 Å². The Labute approximate surface area is 135 Å². The third-order valence-corrected chi connectivity index (χ3v) is 4.14. The van der Waals surface area contributed by atoms with Crippen molar-refractivity contribution in [2.75, 3.05) is 6.54 Å². The molecule has 1 atom stereocenters. The molecule has 114 valence electrons. The number of nitrogens with zero attached hydrogens (tertiary/aromatic N) is 2. The average Bonchev–Trinajstić information content (AvgIpc) is 2.84. The van der Waals surface area contributed by atoms with Crippen LogP contribution in [0.5, 0.6) is 0 Å². The summed E-state index contributed by atoms with van der Waals surface area (Å²) in [6.07, 6.45) is 2.11. The molecular weight excluding hydrogens is 326 g/mol. The molecule has 3 nitrogen and oxygen atoms in total. The molecular formula is C17H24BrN3. The van der Waals surface area contributed by atoms with Crippen molar-refractivity contribution in [2.45, 2.75) is 46.2 Å². The maximum absolute atomic E-state index is 4.55. The lowest BCUT2D eigenvalue weighted by Gasteiger charge is -2.19. The first-order valence-electron chi connectivity index (χ1n) is 7.66. The van der Waals surface area contributed by atoms with Gasteiger partial charge in [-0.05, 0) is 50.6 Å². The first-order valence-corrected chi connectivity index (χ1v) is 8.45. The first kappa shape index (κ1) is 16.2. The summed E-state index contributed by atoms with van der Waals surface area (Å²) in [6, 6.07) is 11.1. The number of rotatable bonds is 7. The van der Waals surface area contributed by atoms with Crippen molar-refractivity contribution < 1.29 is 0 Å². The fraction of sp³-hybridized carbons (Fsp3) is 0.471. The van der Waals surface area contributed by atoms with Crippen molar-refractivity contribution in [3.05, 3.63) is 51.8 Å². The highest BCUT2D eigenvalue weighted by Crippen LogP contribution is 2.21. The second-order valence-corrected chi connectivity index (χ2v) is 6.27. The monoisotopic (exact) mass is 349 g/mol. The Kier molecular flexibility index (Phi) is 6.00. The average molecular weight is 350 g/mol. The van der Waals surface area contributed by atoms with Crippen molar-refractivity contribution in [1.82, 2.24) is 15.1 Å². The van der Waals surface area contributed by atoms with Crippen LogP contribution in [0.25, 0.3) is 0 Å². The summed E-state index contributed by atoms with van der Waals surface area (Å²) in [7, 11) is 0. The van der Waals surface area contributed by atoms with Gasteiger partial charge in [0, 0.05) is 29.2 Å². The molecule has 0 saturated carbocycles. The van der Waals surface area contributed by atoms with E-state index in [4.69, 9.17) is 0 Å². The number of hydrogen-bond donors (Lipinski definition) is 1. The molecule has 0 aliphatic heterocycles. The summed E-state index contributed by atoms with van der Waals surface area (Å²) in [5, 5.41) is 8.21. The lowest BCUT2D eigenvalue weighted by molar-refractivity contribution is 0.502. The number of aromatic nitrogens is 2. The normalized spacial score (nSPS) is 12.6. The molecule has 0 fully saturated rings. The fourth-order valence-corrected chi connectivity index (χ4v) is 2.83. The highest BCUT2D eigenvalue weighted by molar-refractivity contribution is 9.10. The smallest absolute Gasteiger partial charge is 0.0596 e. The van der Waals surface area contributed by atoms with E-state index < -0.39 is 0 Å². The van der Waals surface area contributed by atoms with Crippen LogP contribution in [0.2, 0.25) is 0 Å². The van der Waals surface area contributed by atoms with Gasteiger partial charge in [0.05, 0.1) is 5.69 Å². The summed E-state index contributed by atoms with van der Waals surface area (Å²) < 4.78 is 3.23. The lowest BCUT2D eigenvalue weighted by atomic mass is 10.0. The molecule has 0 aliphatic carbocycles. The molecule has 0 amide bonds. The maximum Gasteiger partial charge on any atom is 0.0596 e. The first-order chi connectivity index (χ1) is 10.1. The fourth-order valence-electron chi connectivity index (χ4n) is 2.57. The van der Waals surface area contributed by atoms with Gasteiger partial charge in [0.1, 0.15) is 0 Å². The SMILES string of the molecule is CCCNC(Cc1cc(C)nn1CC)c1ccc(Br)cc1. The van der Waals surface area contributed by atoms with Gasteiger partial charge in [-0.25, -0.2) is 0 Å². The van der Waals surface area contributed by atoms with Crippen LogP contribution in [0.3, 0.4) is 0 Å². The minimum atomic E-state index is 0.333. The van der Waals surface area contributed by atoms with Crippen LogP contribution >= 0.6 is 15.9 Å². The topological polar surface area (TPSA) is 29.9 Å². The van der Waals surface area contributed by atoms with Gasteiger partial charge in [-0.1, -0.05) is 35.0 Å². The second-order valence-electron chi connectivity index (χ2n) is 5.36. The van der Waals surface area contributed by atoms with E-state index in [0.717, 1.165) is 36.1 Å². The Morgan fingerprint density at radius 3 is 2.57 bits per heavy atom. The predicted octanol–water partition coefficient (Wildman–Crippen LogP) is 4.26. The van der Waals surface area contributed by atoms with E-state index in [1.165, 1.54) is 11.3 Å². The molecule has 2 rings (SSSR count). The summed E-state index contributed by atoms with van der Waals surface area (Å²) in [6.45, 7) is 8.35. The molecule has 1 N–H and O–H groups in total. The van der Waals surface area contributed by atoms with Gasteiger partial charge in [-0.3, -0.25) is 4.68 Å². The molecule has 4 heteroatoms. The molecule has 0 aliphatic rings. The maximum atomic E-state index is 4.55. The van der Waals surface area contributed by atoms with E-state index in [1.54, 1.807) is 0 Å². The van der Waals surface area contributed by atoms with Gasteiger partial charge in [0.25, 0.3) is 0 Å². The standard InChI is InChI=1S/C17H24BrN3/c1-4-10-19-17(14-6-8-15(18)9-7-14)12-16-11-13(3)20-21(16)5-2/h6-9,11,17,19H,4-5,10,12H2,1-3H3. The van der Waals surface area contributed by atoms with Crippen molar-refractivity contribution >= 4 is 15.9 Å². The molecule has 0 bridgehead atoms. The van der Waals surface area contributed by atoms with Crippen LogP contribution in [-0.4, -0.2) is 16.3 Å². The molecule has 1 aromatic carbocycles. The van der Waals surface area contributed by atoms with Crippen LogP contribution < -0.4 is 5.32 Å². The molecule has 0 radical (unpaired) electrons. The summed E-state index contributed by atoms with van der Waals surface area (Å²) in [5.41, 5.74) is 3.72. The molecule has 2 aromatic rings. The Balaban J connectivity index is 2.21. The van der Waals surface area contributed by atoms with Crippen molar-refractivity contribution in [1.29, 1.82) is 0 Å². The summed E-state index contributed by atoms with van der Waals surface area (Å²) in [4.78, 5) is 0. The summed E-state index contributed by atoms with van der Waals surface area (Å²) >= 11 is 3.51. The van der Waals surface area contributed by atoms with Gasteiger partial charge in [0.2, 0.25) is 0 Å². The van der Waals surface area contributed by atoms with Crippen LogP contribution in [-0.2, 0) is 13.0 Å². The van der Waals surface area contributed by atoms with E-state index in [0.29, 0.717) is 6.04 Å². The zero-order valence-corrected chi connectivity index (χ0v) is 14.7. The van der Waals surface area contributed by atoms with Crippen LogP contribution in [0, 0.1) is 6.92 Å². The second kappa shape index (κ2) is 7.76. The van der Waals surface area contributed by atoms with Crippen LogP contribution in [0.4, 0.5) is 0 Å². The van der Waals surface area contributed by atoms with Gasteiger partial charge in [-0.2, -0.15) is 5.10 Å². The zero-order chi connectivity index (χ0) is 15.2. The molecule has 1 unspecified atom stereocenters. The van der Waals surface area contributed by atoms with Crippen LogP contribution in [0.15, 0.2) is 34.8 Å². The molecule has 21 heavy (non-hydrogen) atoms. The van der Waals surface area contributed by atoms with Gasteiger partial charge < -0.3 is 5.32 Å². The molecule has 0 spiro atoms. The number of aryl methyl sites for hydroxylation is 2. The van der Waals surface area contributed by atoms with Crippen molar-refractivity contribution in [3.63, 3.8) is 0 Å². The van der Waals surface area contributed by atoms with E-state index in [1.807, 2.05) is 0 Å². The highest BCUT2D eigenvalue weighted by Gasteiger charge is 2.14. The van der Waals surface area contributed by atoms with Crippen LogP contribution in [0.1, 0.15) is 43.3 Å². The molecule has 1 aromatic heterocycles. The van der Waals surface area contributed by atoms with E-state index in [2.05, 4.69) is 82.1 Å². The third kappa shape index (κ3) is 4.42. The Morgan fingerprint density at radius 2 is 1.95 bits per heavy atom. The van der Waals surface area contributed by atoms with Crippen molar-refractivity contribution in [2.24, 2.45) is 0 Å². The van der Waals surface area contributed by atoms with Gasteiger partial charge in [0.15, 0.2) is 0 Å². The molecule has 0 saturated heterocycles. The number of nitrogens with one attached hydrogen (secondary N) is 1. The highest BCUT2D eigenvalue weighted by atomic mass is 79.9. The lowest BCUT2D eigenvalue weighted by Crippen LogP contribution is -2.25.